The van der Waals surface area contributed by atoms with Gasteiger partial charge in [-0.15, -0.1) is 5.10 Å². The SMILES string of the molecule is Cc1ncc(C(=O)N2CCNC(=O)[C@H](Cc3ccccc3)NC(=O)[C@@H](C(C)C)NC(=O)Cc3cccc(c3)OCCn3cc(nn3)CC2)[nH]1. The molecule has 2 aromatic carbocycles. The van der Waals surface area contributed by atoms with Gasteiger partial charge in [-0.25, -0.2) is 9.67 Å². The number of ether oxygens (including phenoxy) is 1. The van der Waals surface area contributed by atoms with E-state index in [1.165, 1.54) is 6.20 Å². The van der Waals surface area contributed by atoms with Gasteiger partial charge in [0.15, 0.2) is 0 Å². The average molecular weight is 670 g/mol. The van der Waals surface area contributed by atoms with E-state index >= 15 is 0 Å². The van der Waals surface area contributed by atoms with E-state index in [9.17, 15) is 19.2 Å². The number of aryl methyl sites for hydroxylation is 1. The van der Waals surface area contributed by atoms with Crippen LogP contribution in [0.15, 0.2) is 67.0 Å². The normalized spacial score (nSPS) is 18.6. The molecule has 2 aromatic heterocycles. The topological polar surface area (TPSA) is 176 Å². The summed E-state index contributed by atoms with van der Waals surface area (Å²) in [5.74, 6) is -0.521. The van der Waals surface area contributed by atoms with Gasteiger partial charge in [0.05, 0.1) is 24.9 Å². The molecule has 14 nitrogen and oxygen atoms in total. The Bertz CT molecular complexity index is 1740. The number of aromatic amines is 1. The van der Waals surface area contributed by atoms with Crippen LogP contribution in [-0.2, 0) is 40.2 Å². The van der Waals surface area contributed by atoms with Crippen molar-refractivity contribution < 1.29 is 23.9 Å². The number of benzene rings is 2. The van der Waals surface area contributed by atoms with Crippen molar-refractivity contribution in [3.05, 3.63) is 95.3 Å². The quantitative estimate of drug-likeness (QED) is 0.253. The fourth-order valence-corrected chi connectivity index (χ4v) is 5.53. The van der Waals surface area contributed by atoms with Crippen molar-refractivity contribution in [2.45, 2.75) is 58.7 Å². The van der Waals surface area contributed by atoms with Crippen LogP contribution in [0.1, 0.15) is 47.0 Å². The summed E-state index contributed by atoms with van der Waals surface area (Å²) >= 11 is 0. The third-order valence-electron chi connectivity index (χ3n) is 8.16. The second-order valence-corrected chi connectivity index (χ2v) is 12.4. The molecule has 4 bridgehead atoms. The van der Waals surface area contributed by atoms with E-state index in [1.807, 2.05) is 68.6 Å². The predicted molar refractivity (Wildman–Crippen MR) is 180 cm³/mol. The van der Waals surface area contributed by atoms with Gasteiger partial charge in [-0.1, -0.05) is 61.5 Å². The molecule has 4 N–H and O–H groups in total. The summed E-state index contributed by atoms with van der Waals surface area (Å²) in [6, 6.07) is 14.8. The lowest BCUT2D eigenvalue weighted by Gasteiger charge is -2.26. The number of aromatic nitrogens is 5. The van der Waals surface area contributed by atoms with Gasteiger partial charge in [-0.3, -0.25) is 19.2 Å². The molecule has 0 spiro atoms. The zero-order valence-electron chi connectivity index (χ0n) is 28.0. The summed E-state index contributed by atoms with van der Waals surface area (Å²) in [5.41, 5.74) is 2.61. The molecule has 3 heterocycles. The van der Waals surface area contributed by atoms with Gasteiger partial charge in [0.1, 0.15) is 36.0 Å². The molecule has 0 unspecified atom stereocenters. The van der Waals surface area contributed by atoms with Crippen LogP contribution in [0.25, 0.3) is 0 Å². The number of imidazole rings is 1. The second-order valence-electron chi connectivity index (χ2n) is 12.4. The maximum absolute atomic E-state index is 13.7. The smallest absolute Gasteiger partial charge is 0.271 e. The Morgan fingerprint density at radius 2 is 1.82 bits per heavy atom. The Hall–Kier alpha value is -5.53. The van der Waals surface area contributed by atoms with Crippen molar-refractivity contribution in [3.8, 4) is 5.75 Å². The van der Waals surface area contributed by atoms with Gasteiger partial charge in [-0.2, -0.15) is 0 Å². The third-order valence-corrected chi connectivity index (χ3v) is 8.16. The Morgan fingerprint density at radius 3 is 2.57 bits per heavy atom. The van der Waals surface area contributed by atoms with E-state index in [0.29, 0.717) is 49.1 Å². The van der Waals surface area contributed by atoms with Crippen molar-refractivity contribution in [1.82, 2.24) is 45.8 Å². The first kappa shape index (κ1) is 34.8. The molecule has 0 fully saturated rings. The molecule has 1 aliphatic rings. The second kappa shape index (κ2) is 16.5. The molecule has 2 atom stereocenters. The molecule has 4 amide bonds. The molecule has 0 aliphatic carbocycles. The highest BCUT2D eigenvalue weighted by atomic mass is 16.5. The summed E-state index contributed by atoms with van der Waals surface area (Å²) in [6.07, 6.45) is 4.01. The van der Waals surface area contributed by atoms with Gasteiger partial charge in [0.2, 0.25) is 17.7 Å². The van der Waals surface area contributed by atoms with Gasteiger partial charge in [0, 0.05) is 38.7 Å². The van der Waals surface area contributed by atoms with E-state index in [0.717, 1.165) is 11.1 Å². The monoisotopic (exact) mass is 669 g/mol. The lowest BCUT2D eigenvalue weighted by atomic mass is 10.0. The molecule has 1 aliphatic heterocycles. The molecule has 14 heteroatoms. The van der Waals surface area contributed by atoms with Crippen molar-refractivity contribution in [1.29, 1.82) is 0 Å². The lowest BCUT2D eigenvalue weighted by molar-refractivity contribution is -0.132. The highest BCUT2D eigenvalue weighted by Crippen LogP contribution is 2.15. The first-order valence-corrected chi connectivity index (χ1v) is 16.5. The molecule has 4 aromatic rings. The summed E-state index contributed by atoms with van der Waals surface area (Å²) < 4.78 is 7.61. The number of hydrogen-bond acceptors (Lipinski definition) is 8. The number of nitrogens with zero attached hydrogens (tertiary/aromatic N) is 5. The zero-order valence-corrected chi connectivity index (χ0v) is 28.0. The van der Waals surface area contributed by atoms with Gasteiger partial charge in [-0.05, 0) is 36.1 Å². The van der Waals surface area contributed by atoms with E-state index in [-0.39, 0.29) is 43.7 Å². The lowest BCUT2D eigenvalue weighted by Crippen LogP contribution is -2.56. The molecule has 5 rings (SSSR count). The Labute approximate surface area is 285 Å². The van der Waals surface area contributed by atoms with Crippen LogP contribution in [-0.4, -0.2) is 91.8 Å². The zero-order chi connectivity index (χ0) is 34.8. The van der Waals surface area contributed by atoms with Crippen molar-refractivity contribution in [2.75, 3.05) is 26.2 Å². The molecule has 258 valence electrons. The van der Waals surface area contributed by atoms with Crippen LogP contribution in [0.3, 0.4) is 0 Å². The maximum Gasteiger partial charge on any atom is 0.271 e. The summed E-state index contributed by atoms with van der Waals surface area (Å²) in [7, 11) is 0. The first-order chi connectivity index (χ1) is 23.6. The molecular weight excluding hydrogens is 626 g/mol. The average Bonchev–Trinajstić information content (AvgIpc) is 3.73. The van der Waals surface area contributed by atoms with Gasteiger partial charge < -0.3 is 30.6 Å². The number of rotatable bonds is 4. The summed E-state index contributed by atoms with van der Waals surface area (Å²) in [6.45, 7) is 6.84. The maximum atomic E-state index is 13.7. The third kappa shape index (κ3) is 9.98. The van der Waals surface area contributed by atoms with E-state index in [4.69, 9.17) is 4.74 Å². The molecule has 49 heavy (non-hydrogen) atoms. The molecule has 0 saturated carbocycles. The Kier molecular flexibility index (Phi) is 11.7. The number of hydrogen-bond donors (Lipinski definition) is 4. The van der Waals surface area contributed by atoms with Crippen molar-refractivity contribution in [2.24, 2.45) is 5.92 Å². The Morgan fingerprint density at radius 1 is 1.00 bits per heavy atom. The fraction of sp³-hybridized carbons (Fsp3) is 0.400. The van der Waals surface area contributed by atoms with Crippen LogP contribution in [0.2, 0.25) is 0 Å². The van der Waals surface area contributed by atoms with Gasteiger partial charge in [0.25, 0.3) is 5.91 Å². The van der Waals surface area contributed by atoms with E-state index in [1.54, 1.807) is 22.6 Å². The van der Waals surface area contributed by atoms with Gasteiger partial charge >= 0.3 is 0 Å². The van der Waals surface area contributed by atoms with Crippen LogP contribution >= 0.6 is 0 Å². The number of amides is 4. The predicted octanol–water partition coefficient (Wildman–Crippen LogP) is 1.61. The minimum Gasteiger partial charge on any atom is -0.492 e. The van der Waals surface area contributed by atoms with E-state index in [2.05, 4.69) is 36.2 Å². The van der Waals surface area contributed by atoms with Crippen molar-refractivity contribution in [3.63, 3.8) is 0 Å². The summed E-state index contributed by atoms with van der Waals surface area (Å²) in [4.78, 5) is 62.7. The first-order valence-electron chi connectivity index (χ1n) is 16.5. The number of H-pyrrole nitrogens is 1. The molecular formula is C35H43N9O5. The van der Waals surface area contributed by atoms with Crippen molar-refractivity contribution >= 4 is 23.6 Å². The number of nitrogens with one attached hydrogen (secondary N) is 4. The summed E-state index contributed by atoms with van der Waals surface area (Å²) in [5, 5.41) is 17.1. The number of carbonyl (C=O) groups is 4. The molecule has 0 saturated heterocycles. The fourth-order valence-electron chi connectivity index (χ4n) is 5.53. The van der Waals surface area contributed by atoms with E-state index < -0.39 is 23.9 Å². The van der Waals surface area contributed by atoms with Crippen LogP contribution < -0.4 is 20.7 Å². The largest absolute Gasteiger partial charge is 0.492 e. The van der Waals surface area contributed by atoms with Crippen LogP contribution in [0.4, 0.5) is 0 Å². The van der Waals surface area contributed by atoms with Crippen LogP contribution in [0.5, 0.6) is 5.75 Å². The number of fused-ring (bicyclic) bond motifs is 4. The highest BCUT2D eigenvalue weighted by molar-refractivity contribution is 5.93. The molecule has 0 radical (unpaired) electrons. The van der Waals surface area contributed by atoms with Crippen LogP contribution in [0, 0.1) is 12.8 Å². The Balaban J connectivity index is 1.39. The minimum absolute atomic E-state index is 0.0431. The highest BCUT2D eigenvalue weighted by Gasteiger charge is 2.29. The standard InChI is InChI=1S/C35H43N9O5/c1-23(2)32-34(47)39-29(19-25-8-5-4-6-9-25)33(46)36-13-15-43(35(48)30-21-37-24(3)38-30)14-12-27-22-44(42-41-27)16-17-49-28-11-7-10-26(18-28)20-31(45)40-32/h4-11,18,21-23,29,32H,12-17,19-20H2,1-3H3,(H,36,46)(H,37,38)(H,39,47)(H,40,45)/t29-,32+/m0/s1. The number of carbonyl (C=O) groups excluding carboxylic acids is 4. The minimum atomic E-state index is -0.932.